The maximum Gasteiger partial charge on any atom is 0.315 e. The zero-order valence-corrected chi connectivity index (χ0v) is 6.10. The van der Waals surface area contributed by atoms with Crippen LogP contribution in [0.4, 0.5) is 0 Å². The van der Waals surface area contributed by atoms with Crippen LogP contribution >= 0.6 is 0 Å². The lowest BCUT2D eigenvalue weighted by atomic mass is 9.94. The van der Waals surface area contributed by atoms with Crippen molar-refractivity contribution < 1.29 is 16.4 Å². The van der Waals surface area contributed by atoms with Crippen LogP contribution in [0, 0.1) is 5.41 Å². The summed E-state index contributed by atoms with van der Waals surface area (Å²) >= 11 is 0. The second kappa shape index (κ2) is 3.40. The number of carbonyl (C=O) groups is 1. The third-order valence-corrected chi connectivity index (χ3v) is 1.18. The van der Waals surface area contributed by atoms with Gasteiger partial charge in [0.25, 0.3) is 0 Å². The lowest BCUT2D eigenvalue weighted by Crippen LogP contribution is -2.23. The van der Waals surface area contributed by atoms with E-state index in [-0.39, 0.29) is 0 Å². The zero-order valence-electron chi connectivity index (χ0n) is 11.1. The van der Waals surface area contributed by atoms with Gasteiger partial charge in [0.1, 0.15) is 0 Å². The Labute approximate surface area is 68.9 Å². The molecule has 0 aromatic carbocycles. The lowest BCUT2D eigenvalue weighted by Gasteiger charge is -2.16. The van der Waals surface area contributed by atoms with E-state index in [1.54, 1.807) is 0 Å². The van der Waals surface area contributed by atoms with Gasteiger partial charge in [-0.2, -0.15) is 0 Å². The number of rotatable bonds is 3. The molecule has 0 fully saturated rings. The molecule has 0 atom stereocenters. The fraction of sp³-hybridized carbons (Fsp3) is 0.625. The Morgan fingerprint density at radius 1 is 2.00 bits per heavy atom. The van der Waals surface area contributed by atoms with E-state index in [1.807, 2.05) is 0 Å². The van der Waals surface area contributed by atoms with Crippen molar-refractivity contribution in [3.63, 3.8) is 0 Å². The monoisotopic (exact) mass is 147 g/mol. The highest BCUT2D eigenvalue weighted by Crippen LogP contribution is 2.17. The topological polar surface area (TPSA) is 26.3 Å². The summed E-state index contributed by atoms with van der Waals surface area (Å²) in [6.07, 6.45) is 1.27. The van der Waals surface area contributed by atoms with E-state index in [4.69, 9.17) is 6.85 Å². The van der Waals surface area contributed by atoms with E-state index >= 15 is 0 Å². The van der Waals surface area contributed by atoms with Crippen LogP contribution in [-0.4, -0.2) is 12.5 Å². The van der Waals surface area contributed by atoms with Crippen LogP contribution in [0.25, 0.3) is 0 Å². The Morgan fingerprint density at radius 3 is 3.00 bits per heavy atom. The minimum Gasteiger partial charge on any atom is -0.465 e. The molecule has 2 heteroatoms. The molecule has 0 aromatic rings. The van der Waals surface area contributed by atoms with Gasteiger partial charge in [-0.05, 0) is 20.7 Å². The molecule has 0 saturated carbocycles. The number of ether oxygens (including phenoxy) is 1. The van der Waals surface area contributed by atoms with Crippen LogP contribution in [0.15, 0.2) is 12.7 Å². The van der Waals surface area contributed by atoms with E-state index in [1.165, 1.54) is 19.9 Å². The van der Waals surface area contributed by atoms with Gasteiger partial charge in [0.05, 0.1) is 14.7 Å². The number of esters is 1. The first kappa shape index (κ1) is 3.56. The second-order valence-corrected chi connectivity index (χ2v) is 2.42. The molecule has 0 aromatic heterocycles. The van der Waals surface area contributed by atoms with Crippen molar-refractivity contribution in [2.24, 2.45) is 5.41 Å². The standard InChI is InChI=1S/C8H14O2/c1-5-8(3,4)7(9)10-6-2/h5H,1,6H2,2-4H3/i2D3,6D2. The molecule has 0 spiro atoms. The van der Waals surface area contributed by atoms with Gasteiger partial charge >= 0.3 is 5.97 Å². The predicted molar refractivity (Wildman–Crippen MR) is 40.6 cm³/mol. The van der Waals surface area contributed by atoms with Gasteiger partial charge in [-0.3, -0.25) is 4.79 Å². The van der Waals surface area contributed by atoms with Crippen molar-refractivity contribution in [2.75, 3.05) is 6.56 Å². The highest BCUT2D eigenvalue weighted by Gasteiger charge is 2.24. The average Bonchev–Trinajstić information content (AvgIpc) is 2.01. The van der Waals surface area contributed by atoms with Gasteiger partial charge in [0.15, 0.2) is 0 Å². The van der Waals surface area contributed by atoms with Gasteiger partial charge in [-0.1, -0.05) is 6.08 Å². The SMILES string of the molecule is [2H]C([2H])([2H])C([2H])([2H])OC(=O)C(C)(C)C=C. The Balaban J connectivity index is 4.77. The summed E-state index contributed by atoms with van der Waals surface area (Å²) in [5, 5.41) is 0. The molecule has 0 aliphatic heterocycles. The summed E-state index contributed by atoms with van der Waals surface area (Å²) in [5.41, 5.74) is -1.11. The summed E-state index contributed by atoms with van der Waals surface area (Å²) in [7, 11) is 0. The molecule has 10 heavy (non-hydrogen) atoms. The van der Waals surface area contributed by atoms with E-state index < -0.39 is 24.8 Å². The third kappa shape index (κ3) is 2.21. The van der Waals surface area contributed by atoms with E-state index in [9.17, 15) is 4.79 Å². The largest absolute Gasteiger partial charge is 0.465 e. The van der Waals surface area contributed by atoms with E-state index in [0.29, 0.717) is 0 Å². The first-order valence-corrected chi connectivity index (χ1v) is 2.81. The first-order chi connectivity index (χ1) is 6.44. The Hall–Kier alpha value is -0.790. The summed E-state index contributed by atoms with van der Waals surface area (Å²) in [4.78, 5) is 11.4. The first-order valence-electron chi connectivity index (χ1n) is 5.31. The van der Waals surface area contributed by atoms with Crippen LogP contribution in [0.2, 0.25) is 0 Å². The Kier molecular flexibility index (Phi) is 1.21. The van der Waals surface area contributed by atoms with Crippen molar-refractivity contribution in [3.05, 3.63) is 12.7 Å². The lowest BCUT2D eigenvalue weighted by molar-refractivity contribution is -0.150. The Morgan fingerprint density at radius 2 is 2.60 bits per heavy atom. The third-order valence-electron chi connectivity index (χ3n) is 1.18. The molecule has 0 amide bonds. The molecule has 0 radical (unpaired) electrons. The number of carbonyl (C=O) groups excluding carboxylic acids is 1. The molecule has 0 aliphatic rings. The number of hydrogen-bond donors (Lipinski definition) is 0. The molecule has 0 bridgehead atoms. The summed E-state index contributed by atoms with van der Waals surface area (Å²) in [5.74, 6) is -0.960. The highest BCUT2D eigenvalue weighted by molar-refractivity contribution is 5.77. The van der Waals surface area contributed by atoms with Crippen LogP contribution in [-0.2, 0) is 9.53 Å². The van der Waals surface area contributed by atoms with Crippen molar-refractivity contribution in [3.8, 4) is 0 Å². The molecular weight excluding hydrogens is 128 g/mol. The summed E-state index contributed by atoms with van der Waals surface area (Å²) < 4.78 is 39.0. The maximum absolute atomic E-state index is 11.4. The summed E-state index contributed by atoms with van der Waals surface area (Å²) in [6.45, 7) is 0.312. The van der Waals surface area contributed by atoms with Gasteiger partial charge in [-0.25, -0.2) is 0 Å². The minimum atomic E-state index is -3.00. The number of hydrogen-bond acceptors (Lipinski definition) is 2. The molecule has 0 heterocycles. The quantitative estimate of drug-likeness (QED) is 0.449. The normalized spacial score (nSPS) is 20.8. The highest BCUT2D eigenvalue weighted by atomic mass is 16.5. The van der Waals surface area contributed by atoms with Crippen molar-refractivity contribution in [1.82, 2.24) is 0 Å². The molecule has 0 unspecified atom stereocenters. The second-order valence-electron chi connectivity index (χ2n) is 2.42. The fourth-order valence-electron chi connectivity index (χ4n) is 0.261. The molecular formula is C8H14O2. The molecule has 0 N–H and O–H groups in total. The van der Waals surface area contributed by atoms with Gasteiger partial charge < -0.3 is 4.74 Å². The average molecular weight is 147 g/mol. The van der Waals surface area contributed by atoms with Gasteiger partial charge in [0, 0.05) is 4.11 Å². The van der Waals surface area contributed by atoms with Crippen LogP contribution in [0.1, 0.15) is 27.6 Å². The van der Waals surface area contributed by atoms with Crippen molar-refractivity contribution in [1.29, 1.82) is 0 Å². The van der Waals surface area contributed by atoms with Crippen molar-refractivity contribution >= 4 is 5.97 Å². The van der Waals surface area contributed by atoms with Gasteiger partial charge in [0.2, 0.25) is 0 Å². The van der Waals surface area contributed by atoms with E-state index in [0.717, 1.165) is 0 Å². The molecule has 0 aliphatic carbocycles. The fourth-order valence-corrected chi connectivity index (χ4v) is 0.261. The Bertz CT molecular complexity index is 267. The predicted octanol–water partition coefficient (Wildman–Crippen LogP) is 1.76. The van der Waals surface area contributed by atoms with Crippen LogP contribution < -0.4 is 0 Å². The van der Waals surface area contributed by atoms with Gasteiger partial charge in [-0.15, -0.1) is 6.58 Å². The molecule has 0 rings (SSSR count). The van der Waals surface area contributed by atoms with Crippen LogP contribution in [0.5, 0.6) is 0 Å². The molecule has 0 saturated heterocycles. The van der Waals surface area contributed by atoms with Crippen molar-refractivity contribution in [2.45, 2.75) is 20.7 Å². The van der Waals surface area contributed by atoms with E-state index in [2.05, 4.69) is 11.3 Å². The maximum atomic E-state index is 11.4. The smallest absolute Gasteiger partial charge is 0.315 e. The summed E-state index contributed by atoms with van der Waals surface area (Å²) in [6, 6.07) is 0. The van der Waals surface area contributed by atoms with Crippen LogP contribution in [0.3, 0.4) is 0 Å². The molecule has 2 nitrogen and oxygen atoms in total. The minimum absolute atomic E-state index is 0.960. The molecule has 58 valence electrons. The zero-order chi connectivity index (χ0) is 12.5.